The third-order valence-electron chi connectivity index (χ3n) is 4.78. The fourth-order valence-electron chi connectivity index (χ4n) is 3.18. The van der Waals surface area contributed by atoms with E-state index in [2.05, 4.69) is 15.6 Å². The Balaban J connectivity index is 1.37. The number of nitrogens with one attached hydrogen (secondary N) is 2. The molecule has 2 aromatic heterocycles. The first-order valence-electron chi connectivity index (χ1n) is 9.73. The Labute approximate surface area is 173 Å². The van der Waals surface area contributed by atoms with Crippen LogP contribution in [0.15, 0.2) is 77.7 Å². The molecule has 2 heterocycles. The normalized spacial score (nSPS) is 11.9. The maximum Gasteiger partial charge on any atom is 0.251 e. The van der Waals surface area contributed by atoms with Crippen LogP contribution in [-0.2, 0) is 11.3 Å². The van der Waals surface area contributed by atoms with Crippen LogP contribution in [0.4, 0.5) is 5.69 Å². The van der Waals surface area contributed by atoms with Crippen LogP contribution >= 0.6 is 0 Å². The van der Waals surface area contributed by atoms with E-state index in [9.17, 15) is 9.59 Å². The fourth-order valence-corrected chi connectivity index (χ4v) is 3.18. The lowest BCUT2D eigenvalue weighted by Gasteiger charge is -2.12. The van der Waals surface area contributed by atoms with Crippen molar-refractivity contribution in [3.05, 3.63) is 84.6 Å². The van der Waals surface area contributed by atoms with Gasteiger partial charge in [-0.1, -0.05) is 24.3 Å². The van der Waals surface area contributed by atoms with Gasteiger partial charge in [0.2, 0.25) is 5.91 Å². The minimum atomic E-state index is -0.293. The van der Waals surface area contributed by atoms with Crippen molar-refractivity contribution in [2.75, 3.05) is 5.32 Å². The number of carbonyl (C=O) groups excluding carboxylic acids is 2. The number of hydrogen-bond acceptors (Lipinski definition) is 4. The summed E-state index contributed by atoms with van der Waals surface area (Å²) in [5.41, 5.74) is 1.83. The van der Waals surface area contributed by atoms with Gasteiger partial charge in [0.1, 0.15) is 11.3 Å². The number of aromatic nitrogens is 2. The number of rotatable bonds is 7. The third kappa shape index (κ3) is 4.57. The Morgan fingerprint density at radius 3 is 2.80 bits per heavy atom. The molecule has 0 aliphatic carbocycles. The number of anilines is 1. The van der Waals surface area contributed by atoms with E-state index in [4.69, 9.17) is 4.42 Å². The van der Waals surface area contributed by atoms with Gasteiger partial charge in [0.25, 0.3) is 5.91 Å². The SMILES string of the molecule is CC(NC(=O)c1cccc(NC(=O)CCn2ccnc2)c1)c1cc2ccccc2o1. The summed E-state index contributed by atoms with van der Waals surface area (Å²) in [4.78, 5) is 28.8. The molecule has 7 heteroatoms. The lowest BCUT2D eigenvalue weighted by atomic mass is 10.1. The second-order valence-electron chi connectivity index (χ2n) is 7.06. The summed E-state index contributed by atoms with van der Waals surface area (Å²) in [5.74, 6) is 0.322. The maximum absolute atomic E-state index is 12.7. The number of nitrogens with zero attached hydrogens (tertiary/aromatic N) is 2. The molecule has 0 saturated carbocycles. The highest BCUT2D eigenvalue weighted by Crippen LogP contribution is 2.24. The number of imidazole rings is 1. The van der Waals surface area contributed by atoms with E-state index in [1.807, 2.05) is 41.8 Å². The first-order valence-corrected chi connectivity index (χ1v) is 9.73. The van der Waals surface area contributed by atoms with Gasteiger partial charge in [0.15, 0.2) is 0 Å². The van der Waals surface area contributed by atoms with Gasteiger partial charge in [0, 0.05) is 42.0 Å². The zero-order valence-corrected chi connectivity index (χ0v) is 16.5. The lowest BCUT2D eigenvalue weighted by Crippen LogP contribution is -2.26. The monoisotopic (exact) mass is 402 g/mol. The zero-order valence-electron chi connectivity index (χ0n) is 16.5. The van der Waals surface area contributed by atoms with Crippen molar-refractivity contribution < 1.29 is 14.0 Å². The van der Waals surface area contributed by atoms with Gasteiger partial charge >= 0.3 is 0 Å². The zero-order chi connectivity index (χ0) is 20.9. The van der Waals surface area contributed by atoms with Crippen LogP contribution < -0.4 is 10.6 Å². The van der Waals surface area contributed by atoms with E-state index >= 15 is 0 Å². The van der Waals surface area contributed by atoms with Gasteiger partial charge in [-0.3, -0.25) is 9.59 Å². The van der Waals surface area contributed by atoms with Crippen molar-refractivity contribution in [2.24, 2.45) is 0 Å². The lowest BCUT2D eigenvalue weighted by molar-refractivity contribution is -0.116. The van der Waals surface area contributed by atoms with Crippen molar-refractivity contribution in [3.63, 3.8) is 0 Å². The summed E-state index contributed by atoms with van der Waals surface area (Å²) < 4.78 is 7.66. The number of para-hydroxylation sites is 1. The van der Waals surface area contributed by atoms with Crippen LogP contribution in [0.25, 0.3) is 11.0 Å². The van der Waals surface area contributed by atoms with Gasteiger partial charge in [-0.05, 0) is 37.3 Å². The Bertz CT molecular complexity index is 1130. The molecule has 0 fully saturated rings. The van der Waals surface area contributed by atoms with Gasteiger partial charge < -0.3 is 19.6 Å². The molecule has 2 amide bonds. The summed E-state index contributed by atoms with van der Waals surface area (Å²) in [7, 11) is 0. The molecule has 0 aliphatic rings. The molecule has 0 aliphatic heterocycles. The first-order chi connectivity index (χ1) is 14.6. The molecule has 2 aromatic carbocycles. The fraction of sp³-hybridized carbons (Fsp3) is 0.174. The van der Waals surface area contributed by atoms with E-state index < -0.39 is 0 Å². The number of amides is 2. The Morgan fingerprint density at radius 1 is 1.13 bits per heavy atom. The van der Waals surface area contributed by atoms with Crippen LogP contribution in [-0.4, -0.2) is 21.4 Å². The van der Waals surface area contributed by atoms with Gasteiger partial charge in [-0.2, -0.15) is 0 Å². The van der Waals surface area contributed by atoms with Crippen LogP contribution in [0.1, 0.15) is 35.5 Å². The number of furan rings is 1. The molecule has 2 N–H and O–H groups in total. The minimum Gasteiger partial charge on any atom is -0.459 e. The van der Waals surface area contributed by atoms with Crippen molar-refractivity contribution >= 4 is 28.5 Å². The molecule has 4 rings (SSSR count). The largest absolute Gasteiger partial charge is 0.459 e. The van der Waals surface area contributed by atoms with Gasteiger partial charge in [-0.15, -0.1) is 0 Å². The summed E-state index contributed by atoms with van der Waals surface area (Å²) in [6, 6.07) is 16.2. The molecule has 0 spiro atoms. The molecular weight excluding hydrogens is 380 g/mol. The molecule has 4 aromatic rings. The highest BCUT2D eigenvalue weighted by Gasteiger charge is 2.16. The smallest absolute Gasteiger partial charge is 0.251 e. The van der Waals surface area contributed by atoms with Crippen molar-refractivity contribution in [1.82, 2.24) is 14.9 Å². The number of hydrogen-bond donors (Lipinski definition) is 2. The number of aryl methyl sites for hydroxylation is 1. The molecule has 152 valence electrons. The van der Waals surface area contributed by atoms with Crippen LogP contribution in [0.2, 0.25) is 0 Å². The first kappa shape index (κ1) is 19.4. The minimum absolute atomic E-state index is 0.128. The number of carbonyl (C=O) groups is 2. The predicted octanol–water partition coefficient (Wildman–Crippen LogP) is 4.15. The van der Waals surface area contributed by atoms with Crippen LogP contribution in [0, 0.1) is 0 Å². The second kappa shape index (κ2) is 8.65. The van der Waals surface area contributed by atoms with Crippen molar-refractivity contribution in [1.29, 1.82) is 0 Å². The summed E-state index contributed by atoms with van der Waals surface area (Å²) >= 11 is 0. The summed E-state index contributed by atoms with van der Waals surface area (Å²) in [5, 5.41) is 6.77. The highest BCUT2D eigenvalue weighted by molar-refractivity contribution is 5.97. The van der Waals surface area contributed by atoms with Gasteiger partial charge in [-0.25, -0.2) is 4.98 Å². The summed E-state index contributed by atoms with van der Waals surface area (Å²) in [6.07, 6.45) is 5.46. The number of benzene rings is 2. The quantitative estimate of drug-likeness (QED) is 0.486. The van der Waals surface area contributed by atoms with E-state index in [1.54, 1.807) is 43.0 Å². The standard InChI is InChI=1S/C23H22N4O3/c1-16(21-14-17-5-2-3-8-20(17)30-21)25-23(29)18-6-4-7-19(13-18)26-22(28)9-11-27-12-10-24-15-27/h2-8,10,12-16H,9,11H2,1H3,(H,25,29)(H,26,28). The van der Waals surface area contributed by atoms with E-state index in [-0.39, 0.29) is 17.9 Å². The molecule has 0 bridgehead atoms. The molecule has 1 unspecified atom stereocenters. The number of fused-ring (bicyclic) bond motifs is 1. The molecular formula is C23H22N4O3. The van der Waals surface area contributed by atoms with E-state index in [0.29, 0.717) is 30.0 Å². The molecule has 0 radical (unpaired) electrons. The predicted molar refractivity (Wildman–Crippen MR) is 114 cm³/mol. The molecule has 7 nitrogen and oxygen atoms in total. The topological polar surface area (TPSA) is 89.2 Å². The average molecular weight is 402 g/mol. The highest BCUT2D eigenvalue weighted by atomic mass is 16.3. The summed E-state index contributed by atoms with van der Waals surface area (Å²) in [6.45, 7) is 2.42. The van der Waals surface area contributed by atoms with Crippen LogP contribution in [0.3, 0.4) is 0 Å². The van der Waals surface area contributed by atoms with Gasteiger partial charge in [0.05, 0.1) is 12.4 Å². The molecule has 0 saturated heterocycles. The van der Waals surface area contributed by atoms with Crippen molar-refractivity contribution in [3.8, 4) is 0 Å². The van der Waals surface area contributed by atoms with E-state index in [1.165, 1.54) is 0 Å². The molecule has 1 atom stereocenters. The van der Waals surface area contributed by atoms with Crippen molar-refractivity contribution in [2.45, 2.75) is 25.9 Å². The Hall–Kier alpha value is -3.87. The Kier molecular flexibility index (Phi) is 5.61. The second-order valence-corrected chi connectivity index (χ2v) is 7.06. The Morgan fingerprint density at radius 2 is 2.00 bits per heavy atom. The van der Waals surface area contributed by atoms with Crippen LogP contribution in [0.5, 0.6) is 0 Å². The van der Waals surface area contributed by atoms with E-state index in [0.717, 1.165) is 11.0 Å². The third-order valence-corrected chi connectivity index (χ3v) is 4.78. The maximum atomic E-state index is 12.7. The average Bonchev–Trinajstić information content (AvgIpc) is 3.42. The molecule has 30 heavy (non-hydrogen) atoms.